The summed E-state index contributed by atoms with van der Waals surface area (Å²) in [6.07, 6.45) is 15.8. The van der Waals surface area contributed by atoms with Gasteiger partial charge < -0.3 is 0 Å². The third-order valence-electron chi connectivity index (χ3n) is 4.40. The molecule has 0 fully saturated rings. The van der Waals surface area contributed by atoms with Gasteiger partial charge in [0.05, 0.1) is 0 Å². The zero-order chi connectivity index (χ0) is 24.1. The molecular weight excluding hydrogens is 400 g/mol. The Morgan fingerprint density at radius 1 is 0.455 bits per heavy atom. The van der Waals surface area contributed by atoms with Crippen LogP contribution in [0.4, 0.5) is 0 Å². The molecular formula is C32H32O. The summed E-state index contributed by atoms with van der Waals surface area (Å²) in [5, 5.41) is 0. The smallest absolute Gasteiger partial charge is 0.206 e. The van der Waals surface area contributed by atoms with Crippen molar-refractivity contribution in [2.45, 2.75) is 97.3 Å². The molecule has 33 heavy (non-hydrogen) atoms. The highest BCUT2D eigenvalue weighted by molar-refractivity contribution is 5.95. The number of Topliss-reactive ketones (excluding diaryl/α,β-unsaturated/α-hetero) is 1. The second-order valence-corrected chi connectivity index (χ2v) is 7.19. The van der Waals surface area contributed by atoms with Gasteiger partial charge in [0, 0.05) is 6.42 Å². The topological polar surface area (TPSA) is 17.1 Å². The van der Waals surface area contributed by atoms with Gasteiger partial charge in [-0.3, -0.25) is 4.79 Å². The number of carbonyl (C=O) groups is 1. The molecule has 0 aliphatic carbocycles. The van der Waals surface area contributed by atoms with Crippen molar-refractivity contribution in [3.63, 3.8) is 0 Å². The summed E-state index contributed by atoms with van der Waals surface area (Å²) < 4.78 is 0. The van der Waals surface area contributed by atoms with Gasteiger partial charge in [-0.15, -0.1) is 0 Å². The first kappa shape index (κ1) is 29.1. The summed E-state index contributed by atoms with van der Waals surface area (Å²) in [5.41, 5.74) is 0. The second kappa shape index (κ2) is 26.2. The van der Waals surface area contributed by atoms with E-state index in [-0.39, 0.29) is 5.78 Å². The molecule has 0 aromatic rings. The fourth-order valence-electron chi connectivity index (χ4n) is 2.73. The summed E-state index contributed by atoms with van der Waals surface area (Å²) in [5.74, 6) is 40.7. The van der Waals surface area contributed by atoms with E-state index >= 15 is 0 Å². The van der Waals surface area contributed by atoms with E-state index < -0.39 is 0 Å². The van der Waals surface area contributed by atoms with Gasteiger partial charge in [0.2, 0.25) is 5.78 Å². The van der Waals surface area contributed by atoms with Crippen molar-refractivity contribution >= 4 is 5.78 Å². The first-order valence-corrected chi connectivity index (χ1v) is 11.8. The van der Waals surface area contributed by atoms with Gasteiger partial charge >= 0.3 is 0 Å². The van der Waals surface area contributed by atoms with Crippen LogP contribution >= 0.6 is 0 Å². The summed E-state index contributed by atoms with van der Waals surface area (Å²) in [6.45, 7) is 3.96. The van der Waals surface area contributed by atoms with Gasteiger partial charge in [0.25, 0.3) is 0 Å². The average molecular weight is 433 g/mol. The molecule has 0 amide bonds. The predicted octanol–water partition coefficient (Wildman–Crippen LogP) is 5.69. The molecule has 0 atom stereocenters. The standard InChI is InChI=1S/C32H32O/c1-3-5-7-9-11-13-15-17-18-19-21-23-25-27-29-31-32(33)30-28-26-24-22-20-16-14-12-10-8-6-4-2/h4,6,8,10,12,14,16,20,22,24,26,28,30H2,1-2H3. The summed E-state index contributed by atoms with van der Waals surface area (Å²) in [4.78, 5) is 11.7. The molecule has 0 aliphatic heterocycles. The largest absolute Gasteiger partial charge is 0.285 e. The Hall–Kier alpha value is -3.85. The quantitative estimate of drug-likeness (QED) is 0.207. The Kier molecular flexibility index (Phi) is 23.1. The van der Waals surface area contributed by atoms with Crippen LogP contribution in [0, 0.1) is 94.7 Å². The van der Waals surface area contributed by atoms with E-state index in [2.05, 4.69) is 102 Å². The van der Waals surface area contributed by atoms with E-state index in [0.29, 0.717) is 6.42 Å². The van der Waals surface area contributed by atoms with Gasteiger partial charge in [0.1, 0.15) is 0 Å². The van der Waals surface area contributed by atoms with Crippen molar-refractivity contribution in [2.75, 3.05) is 0 Å². The Morgan fingerprint density at radius 2 is 0.788 bits per heavy atom. The van der Waals surface area contributed by atoms with Crippen LogP contribution in [0.5, 0.6) is 0 Å². The van der Waals surface area contributed by atoms with Crippen LogP contribution in [0.2, 0.25) is 0 Å². The van der Waals surface area contributed by atoms with Crippen LogP contribution in [0.25, 0.3) is 0 Å². The van der Waals surface area contributed by atoms with Gasteiger partial charge in [-0.2, -0.15) is 0 Å². The fraction of sp³-hybridized carbons (Fsp3) is 0.469. The van der Waals surface area contributed by atoms with Crippen molar-refractivity contribution in [1.29, 1.82) is 0 Å². The third kappa shape index (κ3) is 26.1. The van der Waals surface area contributed by atoms with E-state index in [1.54, 1.807) is 6.92 Å². The summed E-state index contributed by atoms with van der Waals surface area (Å²) in [6, 6.07) is 0. The normalized spacial score (nSPS) is 7.45. The molecule has 0 aromatic carbocycles. The summed E-state index contributed by atoms with van der Waals surface area (Å²) >= 11 is 0. The lowest BCUT2D eigenvalue weighted by atomic mass is 10.0. The third-order valence-corrected chi connectivity index (χ3v) is 4.40. The van der Waals surface area contributed by atoms with Crippen LogP contribution in [0.3, 0.4) is 0 Å². The number of hydrogen-bond acceptors (Lipinski definition) is 1. The first-order valence-electron chi connectivity index (χ1n) is 11.8. The monoisotopic (exact) mass is 432 g/mol. The van der Waals surface area contributed by atoms with Gasteiger partial charge in [-0.05, 0) is 102 Å². The maximum Gasteiger partial charge on any atom is 0.206 e. The molecule has 0 saturated carbocycles. The van der Waals surface area contributed by atoms with Crippen molar-refractivity contribution < 1.29 is 4.79 Å². The number of unbranched alkanes of at least 4 members (excludes halogenated alkanes) is 11. The van der Waals surface area contributed by atoms with Crippen molar-refractivity contribution in [3.05, 3.63) is 0 Å². The van der Waals surface area contributed by atoms with E-state index in [9.17, 15) is 4.79 Å². The number of ketones is 1. The van der Waals surface area contributed by atoms with Crippen LogP contribution in [-0.4, -0.2) is 5.78 Å². The summed E-state index contributed by atoms with van der Waals surface area (Å²) in [7, 11) is 0. The van der Waals surface area contributed by atoms with E-state index in [1.807, 2.05) is 0 Å². The van der Waals surface area contributed by atoms with Crippen LogP contribution in [0.1, 0.15) is 97.3 Å². The number of carbonyl (C=O) groups excluding carboxylic acids is 1. The predicted molar refractivity (Wildman–Crippen MR) is 139 cm³/mol. The van der Waals surface area contributed by atoms with Crippen molar-refractivity contribution in [2.24, 2.45) is 0 Å². The molecule has 0 bridgehead atoms. The second-order valence-electron chi connectivity index (χ2n) is 7.19. The van der Waals surface area contributed by atoms with E-state index in [4.69, 9.17) is 0 Å². The van der Waals surface area contributed by atoms with Crippen molar-refractivity contribution in [3.8, 4) is 94.7 Å². The molecule has 0 heterocycles. The molecule has 0 saturated heterocycles. The highest BCUT2D eigenvalue weighted by Gasteiger charge is 1.97. The Morgan fingerprint density at radius 3 is 1.18 bits per heavy atom. The molecule has 0 spiro atoms. The zero-order valence-electron chi connectivity index (χ0n) is 20.1. The SMILES string of the molecule is CC#CC#CC#CC#CC#CC#CC#CC#CC(=O)CCCCCCCCCCCCCC. The van der Waals surface area contributed by atoms with Crippen molar-refractivity contribution in [1.82, 2.24) is 0 Å². The van der Waals surface area contributed by atoms with Gasteiger partial charge in [-0.25, -0.2) is 0 Å². The molecule has 0 aromatic heterocycles. The van der Waals surface area contributed by atoms with Crippen LogP contribution < -0.4 is 0 Å². The number of rotatable bonds is 13. The molecule has 0 radical (unpaired) electrons. The Balaban J connectivity index is 3.85. The maximum absolute atomic E-state index is 11.7. The Bertz CT molecular complexity index is 1070. The average Bonchev–Trinajstić information content (AvgIpc) is 2.82. The Labute approximate surface area is 202 Å². The van der Waals surface area contributed by atoms with E-state index in [0.717, 1.165) is 12.8 Å². The molecule has 0 unspecified atom stereocenters. The van der Waals surface area contributed by atoms with Crippen LogP contribution in [-0.2, 0) is 4.79 Å². The molecule has 1 nitrogen and oxygen atoms in total. The minimum atomic E-state index is -0.0630. The first-order chi connectivity index (χ1) is 16.3. The molecule has 0 N–H and O–H groups in total. The molecule has 0 aliphatic rings. The number of hydrogen-bond donors (Lipinski definition) is 0. The molecule has 166 valence electrons. The lowest BCUT2D eigenvalue weighted by Crippen LogP contribution is -1.92. The zero-order valence-corrected chi connectivity index (χ0v) is 20.1. The highest BCUT2D eigenvalue weighted by atomic mass is 16.1. The lowest BCUT2D eigenvalue weighted by Gasteiger charge is -2.02. The van der Waals surface area contributed by atoms with E-state index in [1.165, 1.54) is 64.2 Å². The van der Waals surface area contributed by atoms with Crippen LogP contribution in [0.15, 0.2) is 0 Å². The lowest BCUT2D eigenvalue weighted by molar-refractivity contribution is -0.113. The molecule has 1 heteroatoms. The highest BCUT2D eigenvalue weighted by Crippen LogP contribution is 2.12. The fourth-order valence-corrected chi connectivity index (χ4v) is 2.73. The maximum atomic E-state index is 11.7. The molecule has 0 rings (SSSR count). The van der Waals surface area contributed by atoms with Gasteiger partial charge in [-0.1, -0.05) is 83.5 Å². The van der Waals surface area contributed by atoms with Gasteiger partial charge in [0.15, 0.2) is 0 Å². The minimum Gasteiger partial charge on any atom is -0.285 e. The minimum absolute atomic E-state index is 0.0630.